The number of carbonyl (C=O) groups is 10. The number of nitrogens with two attached hydrogens (primary N) is 2. The molecule has 0 aliphatic carbocycles. The van der Waals surface area contributed by atoms with E-state index in [2.05, 4.69) is 41.1 Å². The molecule has 4 aromatic rings. The number of aromatic nitrogens is 1. The number of amides is 8. The molecule has 0 aliphatic heterocycles. The van der Waals surface area contributed by atoms with Crippen LogP contribution in [0.1, 0.15) is 45.1 Å². The van der Waals surface area contributed by atoms with Gasteiger partial charge in [0.15, 0.2) is 0 Å². The first-order chi connectivity index (χ1) is 37.7. The second-order valence-corrected chi connectivity index (χ2v) is 20.3. The van der Waals surface area contributed by atoms with Crippen molar-refractivity contribution in [2.24, 2.45) is 11.5 Å². The predicted octanol–water partition coefficient (Wildman–Crippen LogP) is -1.30. The van der Waals surface area contributed by atoms with Gasteiger partial charge in [0.1, 0.15) is 42.0 Å². The molecule has 18 N–H and O–H groups in total. The van der Waals surface area contributed by atoms with Gasteiger partial charge in [-0.1, -0.05) is 60.7 Å². The normalized spacial score (nSPS) is 14.3. The van der Waals surface area contributed by atoms with Gasteiger partial charge in [-0.3, -0.25) is 47.9 Å². The van der Waals surface area contributed by atoms with Gasteiger partial charge in [0.2, 0.25) is 47.3 Å². The average molecular weight is 1160 g/mol. The van der Waals surface area contributed by atoms with E-state index in [0.717, 1.165) is 12.1 Å². The molecule has 0 bridgehead atoms. The first kappa shape index (κ1) is 62.1. The molecule has 0 saturated heterocycles. The standard InChI is InChI=1S/C49H62N10O16S3.H3N/c1-76-18-16-34(55-47(69)37(58-44(66)32(50)23-41(61)62)21-28-12-14-30(15-13-28)75-78(72,73)74)45(67)53-26-40(60)54-38(22-29-25-52-33-11-7-6-10-31(29)33)48(70)56-35(17-19-77-2)46(68)59-39(24-42(63)64)49(71)57-36(43(51)65)20-27-8-4-3-5-9-27;/h3-15,25,32,34-39,52H,16-24,26,50H2,1-2H3,(H2,51,65)(H,53,67)(H,54,60)(H,55,69)(H,56,70)(H,57,71)(H,58,66)(H,59,68)(H,61,62)(H,63,64)(H,72,73,74);1H3/t32-,34-,35-,36-,37-,38-,39-;/m0./s1/i26D2;. The Morgan fingerprint density at radius 3 is 1.68 bits per heavy atom. The van der Waals surface area contributed by atoms with Crippen LogP contribution in [0.5, 0.6) is 5.75 Å². The lowest BCUT2D eigenvalue weighted by Gasteiger charge is -2.26. The number of rotatable bonds is 33. The molecule has 0 radical (unpaired) electrons. The number of thioether (sulfide) groups is 2. The van der Waals surface area contributed by atoms with Crippen molar-refractivity contribution in [3.8, 4) is 5.75 Å². The Morgan fingerprint density at radius 1 is 0.633 bits per heavy atom. The maximum atomic E-state index is 14.4. The number of hydrogen-bond donors (Lipinski definition) is 13. The molecule has 0 spiro atoms. The summed E-state index contributed by atoms with van der Waals surface area (Å²) in [7, 11) is -5.16. The second kappa shape index (κ2) is 32.2. The van der Waals surface area contributed by atoms with Crippen molar-refractivity contribution in [2.75, 3.05) is 30.5 Å². The van der Waals surface area contributed by atoms with E-state index >= 15 is 0 Å². The van der Waals surface area contributed by atoms with Crippen molar-refractivity contribution in [1.82, 2.24) is 48.4 Å². The monoisotopic (exact) mass is 1160 g/mol. The van der Waals surface area contributed by atoms with Crippen LogP contribution < -0.4 is 59.0 Å². The largest absolute Gasteiger partial charge is 0.716 e. The number of nitrogens with one attached hydrogen (secondary N) is 8. The molecule has 8 amide bonds. The zero-order valence-electron chi connectivity index (χ0n) is 45.0. The summed E-state index contributed by atoms with van der Waals surface area (Å²) in [5.41, 5.74) is 13.2. The number of aromatic amines is 1. The molecular weight excluding hydrogens is 1090 g/mol. The van der Waals surface area contributed by atoms with Gasteiger partial charge in [-0.2, -0.15) is 23.5 Å². The Labute approximate surface area is 465 Å². The van der Waals surface area contributed by atoms with Gasteiger partial charge < -0.3 is 78.8 Å². The minimum atomic E-state index is -5.16. The van der Waals surface area contributed by atoms with Crippen molar-refractivity contribution in [3.63, 3.8) is 0 Å². The molecule has 0 aliphatic rings. The lowest BCUT2D eigenvalue weighted by molar-refractivity contribution is -0.141. The zero-order chi connectivity index (χ0) is 59.3. The summed E-state index contributed by atoms with van der Waals surface area (Å²) in [4.78, 5) is 136. The fourth-order valence-corrected chi connectivity index (χ4v) is 8.78. The van der Waals surface area contributed by atoms with Crippen LogP contribution in [0, 0.1) is 0 Å². The molecule has 1 heterocycles. The van der Waals surface area contributed by atoms with E-state index in [-0.39, 0.29) is 48.9 Å². The number of para-hydroxylation sites is 1. The summed E-state index contributed by atoms with van der Waals surface area (Å²) >= 11 is 2.46. The maximum Gasteiger partial charge on any atom is 0.305 e. The van der Waals surface area contributed by atoms with Crippen LogP contribution in [0.2, 0.25) is 0 Å². The van der Waals surface area contributed by atoms with E-state index in [9.17, 15) is 71.1 Å². The van der Waals surface area contributed by atoms with Gasteiger partial charge in [-0.05, 0) is 71.7 Å². The van der Waals surface area contributed by atoms with E-state index in [0.29, 0.717) is 22.0 Å². The summed E-state index contributed by atoms with van der Waals surface area (Å²) < 4.78 is 55.0. The zero-order valence-corrected chi connectivity index (χ0v) is 45.4. The van der Waals surface area contributed by atoms with Crippen molar-refractivity contribution in [1.29, 1.82) is 0 Å². The number of fused-ring (bicyclic) bond motifs is 1. The van der Waals surface area contributed by atoms with Gasteiger partial charge in [0.25, 0.3) is 10.4 Å². The fraction of sp³-hybridized carbons (Fsp3) is 0.388. The Balaban J connectivity index is 0.0000172. The van der Waals surface area contributed by atoms with Gasteiger partial charge in [0.05, 0.1) is 28.1 Å². The van der Waals surface area contributed by atoms with E-state index < -0.39 is 143 Å². The van der Waals surface area contributed by atoms with Gasteiger partial charge in [-0.25, -0.2) is 8.42 Å². The summed E-state index contributed by atoms with van der Waals surface area (Å²) in [5, 5.41) is 35.7. The Morgan fingerprint density at radius 2 is 1.11 bits per heavy atom. The summed E-state index contributed by atoms with van der Waals surface area (Å²) in [6.45, 7) is -3.37. The first-order valence-electron chi connectivity index (χ1n) is 24.6. The summed E-state index contributed by atoms with van der Waals surface area (Å²) in [6, 6.07) is 8.57. The van der Waals surface area contributed by atoms with Crippen molar-refractivity contribution in [2.45, 2.75) is 87.2 Å². The van der Waals surface area contributed by atoms with Crippen LogP contribution in [-0.4, -0.2) is 160 Å². The molecule has 1 aromatic heterocycles. The Bertz CT molecular complexity index is 2980. The molecular formula is C49H65N11O16S3. The highest BCUT2D eigenvalue weighted by Gasteiger charge is 2.34. The molecule has 27 nitrogen and oxygen atoms in total. The predicted molar refractivity (Wildman–Crippen MR) is 291 cm³/mol. The third-order valence-electron chi connectivity index (χ3n) is 11.4. The number of carbonyl (C=O) groups excluding carboxylic acids is 8. The lowest BCUT2D eigenvalue weighted by Crippen LogP contribution is -2.59. The minimum Gasteiger partial charge on any atom is -0.716 e. The van der Waals surface area contributed by atoms with Crippen LogP contribution in [0.3, 0.4) is 0 Å². The average Bonchev–Trinajstić information content (AvgIpc) is 3.81. The number of hydrogen-bond acceptors (Lipinski definition) is 17. The molecule has 0 fully saturated rings. The number of carboxylic acid groups (broad SMARTS) is 2. The first-order valence-corrected chi connectivity index (χ1v) is 27.8. The number of aliphatic carboxylic acids is 2. The van der Waals surface area contributed by atoms with Crippen LogP contribution in [0.15, 0.2) is 85.1 Å². The van der Waals surface area contributed by atoms with E-state index in [4.69, 9.17) is 14.2 Å². The third-order valence-corrected chi connectivity index (χ3v) is 13.1. The van der Waals surface area contributed by atoms with Crippen LogP contribution in [0.25, 0.3) is 10.9 Å². The lowest BCUT2D eigenvalue weighted by atomic mass is 10.0. The van der Waals surface area contributed by atoms with E-state index in [1.807, 2.05) is 5.32 Å². The molecule has 430 valence electrons. The molecule has 3 aromatic carbocycles. The number of benzene rings is 3. The van der Waals surface area contributed by atoms with Crippen molar-refractivity contribution in [3.05, 3.63) is 102 Å². The molecule has 7 atom stereocenters. The van der Waals surface area contributed by atoms with Gasteiger partial charge in [0, 0.05) is 36.4 Å². The summed E-state index contributed by atoms with van der Waals surface area (Å²) in [5.74, 6) is -12.2. The second-order valence-electron chi connectivity index (χ2n) is 17.3. The van der Waals surface area contributed by atoms with E-state index in [1.54, 1.807) is 67.1 Å². The molecule has 0 saturated carbocycles. The highest BCUT2D eigenvalue weighted by atomic mass is 32.3. The number of primary amides is 1. The van der Waals surface area contributed by atoms with Gasteiger partial charge in [-0.15, -0.1) is 0 Å². The smallest absolute Gasteiger partial charge is 0.305 e. The highest BCUT2D eigenvalue weighted by Crippen LogP contribution is 2.20. The number of carboxylic acids is 2. The number of H-pyrrole nitrogens is 1. The third kappa shape index (κ3) is 22.6. The fourth-order valence-electron chi connectivity index (χ4n) is 7.49. The molecule has 30 heteroatoms. The van der Waals surface area contributed by atoms with Crippen molar-refractivity contribution < 1.29 is 78.1 Å². The molecule has 4 rings (SSSR count). The highest BCUT2D eigenvalue weighted by molar-refractivity contribution is 7.98. The van der Waals surface area contributed by atoms with E-state index in [1.165, 1.54) is 41.9 Å². The maximum absolute atomic E-state index is 14.4. The Kier molecular flexibility index (Phi) is 25.3. The van der Waals surface area contributed by atoms with Gasteiger partial charge >= 0.3 is 11.9 Å². The Hall–Kier alpha value is -7.77. The molecule has 0 unspecified atom stereocenters. The van der Waals surface area contributed by atoms with Crippen LogP contribution in [-0.2, 0) is 77.6 Å². The SMILES string of the molecule is [2H]C([2H])(NC(=O)[C@H](CCSC)NC(=O)[C@H](Cc1ccc(OS(=O)(=O)[O-])cc1)NC(=O)[C@@H](N)CC(=O)O)C(=O)N[C@@H](Cc1c[nH]c2ccccc12)C(=O)N[C@@H](CCSC)C(=O)N[C@@H](CC(=O)O)C(=O)N[C@@H](Cc1ccccc1)C(N)=O.[NH4+]. The van der Waals surface area contributed by atoms with Crippen LogP contribution in [0.4, 0.5) is 0 Å². The van der Waals surface area contributed by atoms with Crippen molar-refractivity contribution >= 4 is 104 Å². The summed E-state index contributed by atoms with van der Waals surface area (Å²) in [6.07, 6.45) is 1.88. The molecule has 79 heavy (non-hydrogen) atoms. The van der Waals surface area contributed by atoms with Crippen LogP contribution >= 0.6 is 23.5 Å². The number of quaternary nitrogens is 1. The quantitative estimate of drug-likeness (QED) is 0.0195. The minimum absolute atomic E-state index is 0. The topological polar surface area (TPSA) is 466 Å².